The van der Waals surface area contributed by atoms with Crippen molar-refractivity contribution in [2.24, 2.45) is 0 Å². The molecule has 1 heterocycles. The summed E-state index contributed by atoms with van der Waals surface area (Å²) in [6, 6.07) is 9.64. The van der Waals surface area contributed by atoms with Crippen LogP contribution in [0, 0.1) is 12.7 Å². The van der Waals surface area contributed by atoms with E-state index in [2.05, 4.69) is 15.9 Å². The highest BCUT2D eigenvalue weighted by Gasteiger charge is 2.31. The molecular formula is C16H15BrFNO2S. The minimum atomic E-state index is -3.91. The minimum absolute atomic E-state index is 0.296. The van der Waals surface area contributed by atoms with Crippen molar-refractivity contribution in [3.8, 4) is 0 Å². The predicted molar refractivity (Wildman–Crippen MR) is 88.1 cm³/mol. The zero-order chi connectivity index (χ0) is 15.9. The summed E-state index contributed by atoms with van der Waals surface area (Å²) >= 11 is 3.20. The second kappa shape index (κ2) is 5.66. The summed E-state index contributed by atoms with van der Waals surface area (Å²) in [6.07, 6.45) is 1.56. The van der Waals surface area contributed by atoms with Crippen LogP contribution in [0.4, 0.5) is 10.1 Å². The first-order chi connectivity index (χ1) is 10.4. The molecule has 3 rings (SSSR count). The first-order valence-electron chi connectivity index (χ1n) is 6.97. The summed E-state index contributed by atoms with van der Waals surface area (Å²) in [6.45, 7) is 2.34. The molecule has 1 aliphatic rings. The molecule has 2 aromatic carbocycles. The van der Waals surface area contributed by atoms with E-state index >= 15 is 0 Å². The fourth-order valence-corrected chi connectivity index (χ4v) is 4.88. The van der Waals surface area contributed by atoms with Crippen LogP contribution < -0.4 is 4.31 Å². The van der Waals surface area contributed by atoms with Crippen LogP contribution in [-0.2, 0) is 16.4 Å². The Balaban J connectivity index is 2.14. The minimum Gasteiger partial charge on any atom is -0.266 e. The van der Waals surface area contributed by atoms with Crippen LogP contribution in [0.1, 0.15) is 17.5 Å². The Hall–Kier alpha value is -1.40. The lowest BCUT2D eigenvalue weighted by Gasteiger charge is -2.30. The zero-order valence-corrected chi connectivity index (χ0v) is 14.4. The molecule has 0 saturated heterocycles. The van der Waals surface area contributed by atoms with Crippen molar-refractivity contribution in [2.45, 2.75) is 24.7 Å². The first-order valence-corrected chi connectivity index (χ1v) is 9.20. The van der Waals surface area contributed by atoms with Crippen molar-refractivity contribution in [3.63, 3.8) is 0 Å². The van der Waals surface area contributed by atoms with Gasteiger partial charge >= 0.3 is 0 Å². The van der Waals surface area contributed by atoms with E-state index in [9.17, 15) is 12.8 Å². The van der Waals surface area contributed by atoms with E-state index in [0.717, 1.165) is 30.0 Å². The molecular weight excluding hydrogens is 369 g/mol. The van der Waals surface area contributed by atoms with Crippen LogP contribution in [0.5, 0.6) is 0 Å². The number of nitrogens with zero attached hydrogens (tertiary/aromatic N) is 1. The number of hydrogen-bond acceptors (Lipinski definition) is 2. The van der Waals surface area contributed by atoms with E-state index in [1.807, 2.05) is 19.1 Å². The number of halogens is 2. The van der Waals surface area contributed by atoms with Gasteiger partial charge in [0.15, 0.2) is 0 Å². The molecule has 0 fully saturated rings. The van der Waals surface area contributed by atoms with Gasteiger partial charge in [-0.25, -0.2) is 12.8 Å². The van der Waals surface area contributed by atoms with Crippen LogP contribution in [0.3, 0.4) is 0 Å². The van der Waals surface area contributed by atoms with E-state index in [-0.39, 0.29) is 4.90 Å². The van der Waals surface area contributed by atoms with Crippen molar-refractivity contribution in [2.75, 3.05) is 10.8 Å². The third-order valence-electron chi connectivity index (χ3n) is 3.77. The Morgan fingerprint density at radius 3 is 2.73 bits per heavy atom. The SMILES string of the molecule is Cc1ccc2c(c1)CCCN2S(=O)(=O)c1cc(Br)ccc1F. The Morgan fingerprint density at radius 2 is 1.95 bits per heavy atom. The van der Waals surface area contributed by atoms with E-state index in [4.69, 9.17) is 0 Å². The summed E-state index contributed by atoms with van der Waals surface area (Å²) in [5.74, 6) is -0.734. The molecule has 0 atom stereocenters. The fraction of sp³-hybridized carbons (Fsp3) is 0.250. The molecule has 0 spiro atoms. The second-order valence-electron chi connectivity index (χ2n) is 5.39. The number of anilines is 1. The molecule has 0 unspecified atom stereocenters. The van der Waals surface area contributed by atoms with Gasteiger partial charge in [0.05, 0.1) is 5.69 Å². The summed E-state index contributed by atoms with van der Waals surface area (Å²) in [5.41, 5.74) is 2.73. The van der Waals surface area contributed by atoms with Gasteiger partial charge in [-0.05, 0) is 49.6 Å². The zero-order valence-electron chi connectivity index (χ0n) is 12.0. The van der Waals surface area contributed by atoms with Crippen molar-refractivity contribution in [1.82, 2.24) is 0 Å². The van der Waals surface area contributed by atoms with Crippen LogP contribution in [0.25, 0.3) is 0 Å². The first kappa shape index (κ1) is 15.5. The Bertz CT molecular complexity index is 836. The van der Waals surface area contributed by atoms with Crippen molar-refractivity contribution in [1.29, 1.82) is 0 Å². The summed E-state index contributed by atoms with van der Waals surface area (Å²) in [5, 5.41) is 0. The van der Waals surface area contributed by atoms with Crippen molar-refractivity contribution in [3.05, 3.63) is 57.8 Å². The van der Waals surface area contributed by atoms with Gasteiger partial charge in [-0.15, -0.1) is 0 Å². The van der Waals surface area contributed by atoms with Gasteiger partial charge in [-0.3, -0.25) is 4.31 Å². The number of sulfonamides is 1. The van der Waals surface area contributed by atoms with Gasteiger partial charge in [0.2, 0.25) is 0 Å². The van der Waals surface area contributed by atoms with Gasteiger partial charge in [-0.1, -0.05) is 33.6 Å². The molecule has 0 aromatic heterocycles. The molecule has 0 aliphatic carbocycles. The maximum Gasteiger partial charge on any atom is 0.267 e. The third kappa shape index (κ3) is 2.65. The lowest BCUT2D eigenvalue weighted by atomic mass is 10.0. The lowest BCUT2D eigenvalue weighted by Crippen LogP contribution is -2.36. The smallest absolute Gasteiger partial charge is 0.266 e. The van der Waals surface area contributed by atoms with Gasteiger partial charge in [0.25, 0.3) is 10.0 Å². The summed E-state index contributed by atoms with van der Waals surface area (Å²) in [4.78, 5) is -0.296. The quantitative estimate of drug-likeness (QED) is 0.784. The van der Waals surface area contributed by atoms with Gasteiger partial charge in [-0.2, -0.15) is 0 Å². The number of benzene rings is 2. The van der Waals surface area contributed by atoms with Crippen LogP contribution in [0.2, 0.25) is 0 Å². The normalized spacial score (nSPS) is 14.8. The average Bonchev–Trinajstić information content (AvgIpc) is 2.48. The second-order valence-corrected chi connectivity index (χ2v) is 8.13. The van der Waals surface area contributed by atoms with Gasteiger partial charge in [0, 0.05) is 11.0 Å². The maximum atomic E-state index is 14.0. The highest BCUT2D eigenvalue weighted by Crippen LogP contribution is 2.33. The van der Waals surface area contributed by atoms with Crippen molar-refractivity contribution < 1.29 is 12.8 Å². The number of hydrogen-bond donors (Lipinski definition) is 0. The number of fused-ring (bicyclic) bond motifs is 1. The lowest BCUT2D eigenvalue weighted by molar-refractivity contribution is 0.560. The Kier molecular flexibility index (Phi) is 3.99. The van der Waals surface area contributed by atoms with Crippen molar-refractivity contribution >= 4 is 31.6 Å². The van der Waals surface area contributed by atoms with E-state index in [1.54, 1.807) is 6.07 Å². The summed E-state index contributed by atoms with van der Waals surface area (Å²) < 4.78 is 41.6. The Labute approximate surface area is 137 Å². The molecule has 116 valence electrons. The molecule has 0 amide bonds. The Morgan fingerprint density at radius 1 is 1.18 bits per heavy atom. The number of rotatable bonds is 2. The molecule has 0 saturated carbocycles. The molecule has 3 nitrogen and oxygen atoms in total. The molecule has 1 aliphatic heterocycles. The van der Waals surface area contributed by atoms with E-state index in [1.165, 1.54) is 16.4 Å². The topological polar surface area (TPSA) is 37.4 Å². The maximum absolute atomic E-state index is 14.0. The van der Waals surface area contributed by atoms with Crippen LogP contribution in [0.15, 0.2) is 45.8 Å². The molecule has 22 heavy (non-hydrogen) atoms. The molecule has 2 aromatic rings. The number of aryl methyl sites for hydroxylation is 2. The predicted octanol–water partition coefficient (Wildman–Crippen LogP) is 4.04. The molecule has 6 heteroatoms. The highest BCUT2D eigenvalue weighted by atomic mass is 79.9. The van der Waals surface area contributed by atoms with Gasteiger partial charge in [0.1, 0.15) is 10.7 Å². The standard InChI is InChI=1S/C16H15BrFNO2S/c1-11-4-7-15-12(9-11)3-2-8-19(15)22(20,21)16-10-13(17)5-6-14(16)18/h4-7,9-10H,2-3,8H2,1H3. The third-order valence-corrected chi connectivity index (χ3v) is 6.09. The molecule has 0 bridgehead atoms. The van der Waals surface area contributed by atoms with Gasteiger partial charge < -0.3 is 0 Å². The fourth-order valence-electron chi connectivity index (χ4n) is 2.73. The molecule has 0 N–H and O–H groups in total. The van der Waals surface area contributed by atoms with Crippen LogP contribution >= 0.6 is 15.9 Å². The largest absolute Gasteiger partial charge is 0.267 e. The highest BCUT2D eigenvalue weighted by molar-refractivity contribution is 9.10. The summed E-state index contributed by atoms with van der Waals surface area (Å²) in [7, 11) is -3.91. The van der Waals surface area contributed by atoms with E-state index < -0.39 is 15.8 Å². The molecule has 0 radical (unpaired) electrons. The van der Waals surface area contributed by atoms with Crippen LogP contribution in [-0.4, -0.2) is 15.0 Å². The monoisotopic (exact) mass is 383 g/mol. The van der Waals surface area contributed by atoms with E-state index in [0.29, 0.717) is 16.7 Å². The average molecular weight is 384 g/mol.